The van der Waals surface area contributed by atoms with E-state index in [0.717, 1.165) is 19.3 Å². The van der Waals surface area contributed by atoms with Gasteiger partial charge >= 0.3 is 0 Å². The minimum absolute atomic E-state index is 0.0729. The fourth-order valence-electron chi connectivity index (χ4n) is 11.8. The average Bonchev–Trinajstić information content (AvgIpc) is 3.37. The first kappa shape index (κ1) is 37.6. The zero-order chi connectivity index (χ0) is 35.1. The molecule has 16 atom stereocenters. The van der Waals surface area contributed by atoms with Crippen LogP contribution in [0.4, 0.5) is 0 Å². The maximum absolute atomic E-state index is 12.1. The normalized spacial score (nSPS) is 51.2. The monoisotopic (exact) mass is 670 g/mol. The van der Waals surface area contributed by atoms with Gasteiger partial charge in [-0.2, -0.15) is 0 Å². The van der Waals surface area contributed by atoms with Crippen LogP contribution in [0.15, 0.2) is 12.2 Å². The summed E-state index contributed by atoms with van der Waals surface area (Å²) in [6, 6.07) is 0. The van der Waals surface area contributed by atoms with Gasteiger partial charge in [0.25, 0.3) is 0 Å². The second-order valence-corrected chi connectivity index (χ2v) is 18.0. The zero-order valence-electron chi connectivity index (χ0n) is 29.5. The quantitative estimate of drug-likeness (QED) is 0.0821. The largest absolute Gasteiger partial charge is 0.394 e. The number of fused-ring (bicyclic) bond motifs is 5. The Morgan fingerprint density at radius 1 is 0.894 bits per heavy atom. The molecule has 0 aromatic carbocycles. The molecule has 0 amide bonds. The van der Waals surface area contributed by atoms with Gasteiger partial charge < -0.3 is 45.2 Å². The number of hydrogen-bond donors (Lipinski definition) is 8. The van der Waals surface area contributed by atoms with E-state index in [1.54, 1.807) is 19.9 Å². The van der Waals surface area contributed by atoms with Gasteiger partial charge in [0.15, 0.2) is 6.29 Å². The molecule has 4 saturated carbocycles. The molecule has 0 bridgehead atoms. The third-order valence-corrected chi connectivity index (χ3v) is 14.5. The fraction of sp³-hybridized carbons (Fsp3) is 0.944. The summed E-state index contributed by atoms with van der Waals surface area (Å²) in [6.45, 7) is 15.6. The van der Waals surface area contributed by atoms with Crippen molar-refractivity contribution in [3.63, 3.8) is 0 Å². The van der Waals surface area contributed by atoms with Crippen LogP contribution in [0.5, 0.6) is 0 Å². The predicted molar refractivity (Wildman–Crippen MR) is 173 cm³/mol. The van der Waals surface area contributed by atoms with Crippen LogP contribution in [0.1, 0.15) is 100 Å². The highest BCUT2D eigenvalue weighted by Crippen LogP contribution is 2.76. The summed E-state index contributed by atoms with van der Waals surface area (Å²) < 4.78 is 12.6. The predicted octanol–water partition coefficient (Wildman–Crippen LogP) is 2.76. The molecule has 1 heterocycles. The van der Waals surface area contributed by atoms with Crippen LogP contribution in [-0.4, -0.2) is 108 Å². The lowest BCUT2D eigenvalue weighted by molar-refractivity contribution is -0.346. The van der Waals surface area contributed by atoms with Gasteiger partial charge in [-0.3, -0.25) is 5.26 Å². The molecule has 0 spiro atoms. The number of ether oxygens (including phenoxy) is 2. The van der Waals surface area contributed by atoms with Crippen LogP contribution in [0, 0.1) is 45.3 Å². The van der Waals surface area contributed by atoms with Gasteiger partial charge in [-0.1, -0.05) is 46.8 Å². The second kappa shape index (κ2) is 12.5. The zero-order valence-corrected chi connectivity index (χ0v) is 29.5. The van der Waals surface area contributed by atoms with Gasteiger partial charge in [0.1, 0.15) is 30.0 Å². The van der Waals surface area contributed by atoms with Gasteiger partial charge in [-0.15, -0.1) is 0 Å². The highest BCUT2D eigenvalue weighted by Gasteiger charge is 2.73. The van der Waals surface area contributed by atoms with E-state index in [-0.39, 0.29) is 34.5 Å². The maximum atomic E-state index is 12.1. The van der Waals surface area contributed by atoms with E-state index in [2.05, 4.69) is 39.5 Å². The fourth-order valence-corrected chi connectivity index (χ4v) is 11.8. The van der Waals surface area contributed by atoms with Gasteiger partial charge in [-0.05, 0) is 111 Å². The molecule has 0 aromatic rings. The van der Waals surface area contributed by atoms with Crippen LogP contribution < -0.4 is 0 Å². The molecule has 8 N–H and O–H groups in total. The molecule has 0 aromatic heterocycles. The van der Waals surface area contributed by atoms with Crippen molar-refractivity contribution < 1.29 is 55.4 Å². The smallest absolute Gasteiger partial charge is 0.186 e. The topological polar surface area (TPSA) is 190 Å². The molecule has 4 aliphatic carbocycles. The van der Waals surface area contributed by atoms with E-state index in [0.29, 0.717) is 25.7 Å². The summed E-state index contributed by atoms with van der Waals surface area (Å²) in [7, 11) is 0. The lowest BCUT2D eigenvalue weighted by atomic mass is 9.34. The Hall–Kier alpha value is -0.700. The van der Waals surface area contributed by atoms with E-state index < -0.39 is 77.7 Å². The summed E-state index contributed by atoms with van der Waals surface area (Å²) in [4.78, 5) is 4.54. The molecule has 1 saturated heterocycles. The lowest BCUT2D eigenvalue weighted by Crippen LogP contribution is -2.71. The minimum Gasteiger partial charge on any atom is -0.394 e. The highest BCUT2D eigenvalue weighted by molar-refractivity contribution is 5.22. The summed E-state index contributed by atoms with van der Waals surface area (Å²) in [5, 5.41) is 86.5. The van der Waals surface area contributed by atoms with Crippen molar-refractivity contribution in [1.82, 2.24) is 0 Å². The van der Waals surface area contributed by atoms with E-state index >= 15 is 0 Å². The first-order valence-corrected chi connectivity index (χ1v) is 17.7. The summed E-state index contributed by atoms with van der Waals surface area (Å²) in [5.74, 6) is -0.518. The maximum Gasteiger partial charge on any atom is 0.186 e. The summed E-state index contributed by atoms with van der Waals surface area (Å²) >= 11 is 0. The van der Waals surface area contributed by atoms with Crippen molar-refractivity contribution in [2.75, 3.05) is 6.61 Å². The number of hydrogen-bond acceptors (Lipinski definition) is 11. The Bertz CT molecular complexity index is 1160. The van der Waals surface area contributed by atoms with Crippen molar-refractivity contribution >= 4 is 0 Å². The molecule has 11 heteroatoms. The van der Waals surface area contributed by atoms with Crippen LogP contribution in [0.2, 0.25) is 0 Å². The van der Waals surface area contributed by atoms with Crippen molar-refractivity contribution in [2.24, 2.45) is 45.3 Å². The van der Waals surface area contributed by atoms with Crippen molar-refractivity contribution in [2.45, 2.75) is 161 Å². The molecule has 0 radical (unpaired) electrons. The van der Waals surface area contributed by atoms with Gasteiger partial charge in [0.2, 0.25) is 0 Å². The average molecular weight is 671 g/mol. The molecule has 11 nitrogen and oxygen atoms in total. The standard InChI is InChI=1S/C36H62O11/c1-31(2,47-44)12-9-13-36(8,43)19-10-15-34(6)25(19)20(38)16-23-33(5)14-11-24(39)32(3,4)29(33)21(17-35(23,34)7)45-30-28(42)27(41)26(40)22(18-37)46-30/h9,12,19-30,37-44H,10-11,13-18H2,1-8H3/b12-9+/t19-,20+,21-,22+,23+,24-,25-,26+,27-,28+,29-,30+,33+,34+,35+,36-/m0/s1. The molecule has 272 valence electrons. The Balaban J connectivity index is 1.53. The molecule has 5 aliphatic rings. The van der Waals surface area contributed by atoms with Gasteiger partial charge in [-0.25, -0.2) is 4.89 Å². The van der Waals surface area contributed by atoms with Crippen molar-refractivity contribution in [3.05, 3.63) is 12.2 Å². The van der Waals surface area contributed by atoms with Gasteiger partial charge in [0, 0.05) is 0 Å². The minimum atomic E-state index is -1.57. The third kappa shape index (κ3) is 5.87. The Morgan fingerprint density at radius 2 is 1.55 bits per heavy atom. The third-order valence-electron chi connectivity index (χ3n) is 14.5. The van der Waals surface area contributed by atoms with Crippen LogP contribution in [0.25, 0.3) is 0 Å². The molecular formula is C36H62O11. The molecule has 5 rings (SSSR count). The molecular weight excluding hydrogens is 608 g/mol. The number of aliphatic hydroxyl groups excluding tert-OH is 6. The Labute approximate surface area is 279 Å². The SMILES string of the molecule is CC(C)(/C=C/C[C@](C)(O)[C@H]1CC[C@]2(C)[C@@H]1[C@H](O)C[C@@H]1[C@@]3(C)CC[C@H](O)C(C)(C)[C@@H]3[C@@H](O[C@@H]3O[C@H](CO)[C@@H](O)[C@H](O)[C@H]3O)C[C@]12C)OO. The Kier molecular flexibility index (Phi) is 10.00. The highest BCUT2D eigenvalue weighted by atomic mass is 17.1. The van der Waals surface area contributed by atoms with E-state index in [1.807, 2.05) is 13.0 Å². The van der Waals surface area contributed by atoms with E-state index in [4.69, 9.17) is 9.47 Å². The van der Waals surface area contributed by atoms with E-state index in [1.165, 1.54) is 0 Å². The van der Waals surface area contributed by atoms with Gasteiger partial charge in [0.05, 0.1) is 30.5 Å². The summed E-state index contributed by atoms with van der Waals surface area (Å²) in [5.41, 5.74) is -3.76. The number of aliphatic hydroxyl groups is 7. The molecule has 0 unspecified atom stereocenters. The molecule has 5 fully saturated rings. The summed E-state index contributed by atoms with van der Waals surface area (Å²) in [6.07, 6.45) is -0.952. The van der Waals surface area contributed by atoms with Crippen LogP contribution >= 0.6 is 0 Å². The van der Waals surface area contributed by atoms with Crippen LogP contribution in [0.3, 0.4) is 0 Å². The second-order valence-electron chi connectivity index (χ2n) is 18.0. The van der Waals surface area contributed by atoms with Crippen LogP contribution in [-0.2, 0) is 14.4 Å². The van der Waals surface area contributed by atoms with Crippen molar-refractivity contribution in [3.8, 4) is 0 Å². The Morgan fingerprint density at radius 3 is 2.17 bits per heavy atom. The lowest BCUT2D eigenvalue weighted by Gasteiger charge is -2.72. The molecule has 47 heavy (non-hydrogen) atoms. The molecule has 1 aliphatic heterocycles. The van der Waals surface area contributed by atoms with E-state index in [9.17, 15) is 41.0 Å². The first-order chi connectivity index (χ1) is 21.6. The van der Waals surface area contributed by atoms with Crippen molar-refractivity contribution in [1.29, 1.82) is 0 Å². The number of rotatable bonds is 8. The first-order valence-electron chi connectivity index (χ1n) is 17.7.